The fourth-order valence-corrected chi connectivity index (χ4v) is 2.73. The summed E-state index contributed by atoms with van der Waals surface area (Å²) in [6.07, 6.45) is 1.23. The second-order valence-electron chi connectivity index (χ2n) is 5.67. The number of nitrogens with one attached hydrogen (secondary N) is 2. The largest absolute Gasteiger partial charge is 0.462 e. The molecular formula is C19H18N2O4. The third-order valence-electron chi connectivity index (χ3n) is 3.94. The molecule has 6 nitrogen and oxygen atoms in total. The van der Waals surface area contributed by atoms with Crippen molar-refractivity contribution in [3.8, 4) is 0 Å². The van der Waals surface area contributed by atoms with Gasteiger partial charge in [0.2, 0.25) is 0 Å². The summed E-state index contributed by atoms with van der Waals surface area (Å²) < 4.78 is 4.91. The van der Waals surface area contributed by atoms with Crippen molar-refractivity contribution >= 4 is 29.2 Å². The minimum Gasteiger partial charge on any atom is -0.462 e. The van der Waals surface area contributed by atoms with Crippen LogP contribution in [0.5, 0.6) is 0 Å². The Labute approximate surface area is 145 Å². The predicted molar refractivity (Wildman–Crippen MR) is 94.1 cm³/mol. The van der Waals surface area contributed by atoms with Crippen LogP contribution in [-0.4, -0.2) is 24.4 Å². The van der Waals surface area contributed by atoms with Crippen LogP contribution in [0, 0.1) is 0 Å². The molecule has 2 N–H and O–H groups in total. The Balaban J connectivity index is 1.61. The number of benzene rings is 2. The van der Waals surface area contributed by atoms with Gasteiger partial charge in [-0.3, -0.25) is 4.79 Å². The smallest absolute Gasteiger partial charge is 0.338 e. The molecule has 3 rings (SSSR count). The van der Waals surface area contributed by atoms with Crippen LogP contribution < -0.4 is 10.6 Å². The van der Waals surface area contributed by atoms with Crippen molar-refractivity contribution in [3.63, 3.8) is 0 Å². The van der Waals surface area contributed by atoms with E-state index in [1.807, 2.05) is 6.07 Å². The Kier molecular flexibility index (Phi) is 4.79. The first-order chi connectivity index (χ1) is 12.1. The maximum Gasteiger partial charge on any atom is 0.338 e. The third kappa shape index (κ3) is 3.85. The van der Waals surface area contributed by atoms with E-state index < -0.39 is 12.0 Å². The number of esters is 1. The molecule has 2 aromatic carbocycles. The summed E-state index contributed by atoms with van der Waals surface area (Å²) in [7, 11) is 0. The SMILES string of the molecule is CCOC(=O)c1ccc(NC(=O)Nc2ccc3c(c2)CCC3=O)cc1. The number of Topliss-reactive ketones (excluding diaryl/α,β-unsaturated/α-hetero) is 1. The van der Waals surface area contributed by atoms with Crippen molar-refractivity contribution < 1.29 is 19.1 Å². The number of hydrogen-bond donors (Lipinski definition) is 2. The van der Waals surface area contributed by atoms with Crippen LogP contribution in [0.15, 0.2) is 42.5 Å². The predicted octanol–water partition coefficient (Wildman–Crippen LogP) is 3.64. The first-order valence-electron chi connectivity index (χ1n) is 8.08. The molecule has 0 saturated heterocycles. The normalized spacial score (nSPS) is 12.4. The Hall–Kier alpha value is -3.15. The molecule has 0 aromatic heterocycles. The fraction of sp³-hybridized carbons (Fsp3) is 0.211. The Morgan fingerprint density at radius 3 is 2.40 bits per heavy atom. The number of amides is 2. The average molecular weight is 338 g/mol. The second kappa shape index (κ2) is 7.17. The number of ether oxygens (including phenoxy) is 1. The Bertz CT molecular complexity index is 828. The number of rotatable bonds is 4. The van der Waals surface area contributed by atoms with Gasteiger partial charge in [-0.1, -0.05) is 0 Å². The van der Waals surface area contributed by atoms with Gasteiger partial charge in [0.15, 0.2) is 5.78 Å². The maximum absolute atomic E-state index is 12.1. The summed E-state index contributed by atoms with van der Waals surface area (Å²) in [6.45, 7) is 2.06. The van der Waals surface area contributed by atoms with Gasteiger partial charge in [0.1, 0.15) is 0 Å². The van der Waals surface area contributed by atoms with Crippen molar-refractivity contribution in [1.82, 2.24) is 0 Å². The van der Waals surface area contributed by atoms with E-state index in [0.29, 0.717) is 36.4 Å². The molecule has 0 saturated carbocycles. The zero-order valence-corrected chi connectivity index (χ0v) is 13.8. The fourth-order valence-electron chi connectivity index (χ4n) is 2.73. The van der Waals surface area contributed by atoms with Gasteiger partial charge in [0.05, 0.1) is 12.2 Å². The van der Waals surface area contributed by atoms with Gasteiger partial charge < -0.3 is 15.4 Å². The first-order valence-corrected chi connectivity index (χ1v) is 8.08. The molecular weight excluding hydrogens is 320 g/mol. The van der Waals surface area contributed by atoms with Gasteiger partial charge in [-0.25, -0.2) is 9.59 Å². The molecule has 1 aliphatic rings. The van der Waals surface area contributed by atoms with Gasteiger partial charge in [-0.2, -0.15) is 0 Å². The van der Waals surface area contributed by atoms with Gasteiger partial charge in [0, 0.05) is 23.4 Å². The third-order valence-corrected chi connectivity index (χ3v) is 3.94. The zero-order chi connectivity index (χ0) is 17.8. The molecule has 0 spiro atoms. The molecule has 2 aromatic rings. The minimum absolute atomic E-state index is 0.146. The van der Waals surface area contributed by atoms with E-state index >= 15 is 0 Å². The highest BCUT2D eigenvalue weighted by atomic mass is 16.5. The van der Waals surface area contributed by atoms with Gasteiger partial charge in [0.25, 0.3) is 0 Å². The molecule has 25 heavy (non-hydrogen) atoms. The van der Waals surface area contributed by atoms with E-state index in [4.69, 9.17) is 4.74 Å². The highest BCUT2D eigenvalue weighted by Gasteiger charge is 2.19. The number of anilines is 2. The van der Waals surface area contributed by atoms with Crippen LogP contribution in [-0.2, 0) is 11.2 Å². The number of urea groups is 1. The van der Waals surface area contributed by atoms with E-state index in [2.05, 4.69) is 10.6 Å². The highest BCUT2D eigenvalue weighted by molar-refractivity contribution is 6.03. The van der Waals surface area contributed by atoms with E-state index in [-0.39, 0.29) is 5.78 Å². The standard InChI is InChI=1S/C19H18N2O4/c1-2-25-18(23)12-3-6-14(7-4-12)20-19(24)21-15-8-9-16-13(11-15)5-10-17(16)22/h3-4,6-9,11H,2,5,10H2,1H3,(H2,20,21,24). The summed E-state index contributed by atoms with van der Waals surface area (Å²) in [5.41, 5.74) is 3.31. The van der Waals surface area contributed by atoms with Crippen molar-refractivity contribution in [2.75, 3.05) is 17.2 Å². The molecule has 0 heterocycles. The number of ketones is 1. The van der Waals surface area contributed by atoms with Crippen molar-refractivity contribution in [1.29, 1.82) is 0 Å². The summed E-state index contributed by atoms with van der Waals surface area (Å²) in [6, 6.07) is 11.3. The average Bonchev–Trinajstić information content (AvgIpc) is 2.96. The lowest BCUT2D eigenvalue weighted by atomic mass is 10.1. The summed E-state index contributed by atoms with van der Waals surface area (Å²) >= 11 is 0. The minimum atomic E-state index is -0.397. The summed E-state index contributed by atoms with van der Waals surface area (Å²) in [5.74, 6) is -0.251. The van der Waals surface area contributed by atoms with Crippen LogP contribution >= 0.6 is 0 Å². The molecule has 0 atom stereocenters. The monoisotopic (exact) mass is 338 g/mol. The molecule has 6 heteroatoms. The second-order valence-corrected chi connectivity index (χ2v) is 5.67. The van der Waals surface area contributed by atoms with Gasteiger partial charge in [-0.15, -0.1) is 0 Å². The van der Waals surface area contributed by atoms with E-state index in [0.717, 1.165) is 11.1 Å². The lowest BCUT2D eigenvalue weighted by molar-refractivity contribution is 0.0526. The Morgan fingerprint density at radius 2 is 1.68 bits per heavy atom. The molecule has 0 aliphatic heterocycles. The van der Waals surface area contributed by atoms with Gasteiger partial charge >= 0.3 is 12.0 Å². The first kappa shape index (κ1) is 16.7. The summed E-state index contributed by atoms with van der Waals surface area (Å²) in [5, 5.41) is 5.44. The van der Waals surface area contributed by atoms with Crippen molar-refractivity contribution in [2.45, 2.75) is 19.8 Å². The van der Waals surface area contributed by atoms with E-state index in [9.17, 15) is 14.4 Å². The number of carbonyl (C=O) groups is 3. The molecule has 128 valence electrons. The number of hydrogen-bond acceptors (Lipinski definition) is 4. The Morgan fingerprint density at radius 1 is 1.00 bits per heavy atom. The van der Waals surface area contributed by atoms with E-state index in [1.54, 1.807) is 43.3 Å². The van der Waals surface area contributed by atoms with Crippen LogP contribution in [0.3, 0.4) is 0 Å². The van der Waals surface area contributed by atoms with E-state index in [1.165, 1.54) is 0 Å². The zero-order valence-electron chi connectivity index (χ0n) is 13.8. The molecule has 0 fully saturated rings. The molecule has 0 radical (unpaired) electrons. The van der Waals surface area contributed by atoms with Crippen LogP contribution in [0.4, 0.5) is 16.2 Å². The molecule has 1 aliphatic carbocycles. The van der Waals surface area contributed by atoms with Crippen LogP contribution in [0.25, 0.3) is 0 Å². The highest BCUT2D eigenvalue weighted by Crippen LogP contribution is 2.25. The van der Waals surface area contributed by atoms with Crippen molar-refractivity contribution in [2.24, 2.45) is 0 Å². The molecule has 0 bridgehead atoms. The van der Waals surface area contributed by atoms with Gasteiger partial charge in [-0.05, 0) is 61.4 Å². The number of aryl methyl sites for hydroxylation is 1. The maximum atomic E-state index is 12.1. The van der Waals surface area contributed by atoms with Crippen LogP contribution in [0.2, 0.25) is 0 Å². The topological polar surface area (TPSA) is 84.5 Å². The molecule has 2 amide bonds. The number of fused-ring (bicyclic) bond motifs is 1. The quantitative estimate of drug-likeness (QED) is 0.834. The van der Waals surface area contributed by atoms with Crippen molar-refractivity contribution in [3.05, 3.63) is 59.2 Å². The summed E-state index contributed by atoms with van der Waals surface area (Å²) in [4.78, 5) is 35.3. The lowest BCUT2D eigenvalue weighted by Gasteiger charge is -2.09. The lowest BCUT2D eigenvalue weighted by Crippen LogP contribution is -2.19. The van der Waals surface area contributed by atoms with Crippen LogP contribution in [0.1, 0.15) is 39.6 Å². The number of carbonyl (C=O) groups excluding carboxylic acids is 3. The molecule has 0 unspecified atom stereocenters.